The minimum absolute atomic E-state index is 0.762. The Bertz CT molecular complexity index is 623. The van der Waals surface area contributed by atoms with Crippen molar-refractivity contribution in [3.05, 3.63) is 48.3 Å². The van der Waals surface area contributed by atoms with E-state index in [0.717, 1.165) is 22.4 Å². The number of hydrogen-bond donors (Lipinski definition) is 1. The van der Waals surface area contributed by atoms with Gasteiger partial charge in [0.15, 0.2) is 5.65 Å². The fourth-order valence-electron chi connectivity index (χ4n) is 1.71. The third-order valence-corrected chi connectivity index (χ3v) is 2.63. The van der Waals surface area contributed by atoms with E-state index in [1.807, 2.05) is 12.1 Å². The average Bonchev–Trinajstić information content (AvgIpc) is 2.77. The van der Waals surface area contributed by atoms with Gasteiger partial charge < -0.3 is 4.98 Å². The molecule has 0 unspecified atom stereocenters. The first-order valence-electron chi connectivity index (χ1n) is 5.20. The largest absolute Gasteiger partial charge is 0.343 e. The van der Waals surface area contributed by atoms with Gasteiger partial charge in [-0.1, -0.05) is 29.8 Å². The highest BCUT2D eigenvalue weighted by Crippen LogP contribution is 2.19. The zero-order valence-electron chi connectivity index (χ0n) is 8.94. The second-order valence-electron chi connectivity index (χ2n) is 3.84. The molecule has 0 saturated carbocycles. The second-order valence-corrected chi connectivity index (χ2v) is 3.84. The van der Waals surface area contributed by atoms with Gasteiger partial charge in [0.1, 0.15) is 0 Å². The van der Waals surface area contributed by atoms with Crippen LogP contribution >= 0.6 is 0 Å². The van der Waals surface area contributed by atoms with Crippen molar-refractivity contribution in [2.75, 3.05) is 0 Å². The average molecular weight is 209 g/mol. The van der Waals surface area contributed by atoms with Crippen molar-refractivity contribution in [3.8, 4) is 11.3 Å². The minimum Gasteiger partial charge on any atom is -0.343 e. The van der Waals surface area contributed by atoms with E-state index < -0.39 is 0 Å². The van der Waals surface area contributed by atoms with E-state index in [1.54, 1.807) is 6.33 Å². The number of aryl methyl sites for hydroxylation is 1. The molecule has 0 bridgehead atoms. The lowest BCUT2D eigenvalue weighted by molar-refractivity contribution is 1.30. The lowest BCUT2D eigenvalue weighted by Gasteiger charge is -2.00. The van der Waals surface area contributed by atoms with Gasteiger partial charge in [0.2, 0.25) is 0 Å². The molecule has 0 aliphatic carbocycles. The Morgan fingerprint density at radius 1 is 1.00 bits per heavy atom. The fraction of sp³-hybridized carbons (Fsp3) is 0.0769. The highest BCUT2D eigenvalue weighted by molar-refractivity contribution is 5.74. The van der Waals surface area contributed by atoms with Gasteiger partial charge in [0.25, 0.3) is 0 Å². The van der Waals surface area contributed by atoms with E-state index in [1.165, 1.54) is 5.56 Å². The standard InChI is InChI=1S/C13H11N3/c1-9-2-4-10(5-3-9)11-6-7-12-13(16-11)15-8-14-12/h2-8H,1H3,(H,14,15,16). The van der Waals surface area contributed by atoms with Crippen molar-refractivity contribution < 1.29 is 0 Å². The number of aromatic amines is 1. The molecule has 0 aliphatic rings. The van der Waals surface area contributed by atoms with Gasteiger partial charge in [-0.3, -0.25) is 0 Å². The van der Waals surface area contributed by atoms with E-state index in [9.17, 15) is 0 Å². The number of pyridine rings is 1. The summed E-state index contributed by atoms with van der Waals surface area (Å²) in [6.45, 7) is 2.08. The summed E-state index contributed by atoms with van der Waals surface area (Å²) in [6, 6.07) is 12.3. The van der Waals surface area contributed by atoms with Crippen LogP contribution in [0.4, 0.5) is 0 Å². The Labute approximate surface area is 93.2 Å². The predicted octanol–water partition coefficient (Wildman–Crippen LogP) is 2.93. The van der Waals surface area contributed by atoms with E-state index >= 15 is 0 Å². The molecule has 3 aromatic rings. The summed E-state index contributed by atoms with van der Waals surface area (Å²) < 4.78 is 0. The summed E-state index contributed by atoms with van der Waals surface area (Å²) in [4.78, 5) is 11.7. The van der Waals surface area contributed by atoms with Crippen LogP contribution in [0.5, 0.6) is 0 Å². The second kappa shape index (κ2) is 3.45. The fourth-order valence-corrected chi connectivity index (χ4v) is 1.71. The first-order valence-corrected chi connectivity index (χ1v) is 5.20. The molecule has 0 fully saturated rings. The van der Waals surface area contributed by atoms with Crippen LogP contribution in [-0.4, -0.2) is 15.0 Å². The Morgan fingerprint density at radius 3 is 2.62 bits per heavy atom. The molecule has 3 nitrogen and oxygen atoms in total. The number of imidazole rings is 1. The molecular formula is C13H11N3. The molecule has 0 atom stereocenters. The molecule has 3 rings (SSSR count). The predicted molar refractivity (Wildman–Crippen MR) is 64.1 cm³/mol. The van der Waals surface area contributed by atoms with Crippen LogP contribution < -0.4 is 0 Å². The summed E-state index contributed by atoms with van der Waals surface area (Å²) in [6.07, 6.45) is 1.66. The first kappa shape index (κ1) is 9.09. The van der Waals surface area contributed by atoms with Crippen LogP contribution in [-0.2, 0) is 0 Å². The zero-order chi connectivity index (χ0) is 11.0. The molecule has 1 N–H and O–H groups in total. The smallest absolute Gasteiger partial charge is 0.177 e. The third-order valence-electron chi connectivity index (χ3n) is 2.63. The van der Waals surface area contributed by atoms with E-state index in [2.05, 4.69) is 46.1 Å². The van der Waals surface area contributed by atoms with Crippen LogP contribution in [0.15, 0.2) is 42.7 Å². The Morgan fingerprint density at radius 2 is 1.81 bits per heavy atom. The molecule has 2 aromatic heterocycles. The zero-order valence-corrected chi connectivity index (χ0v) is 8.94. The molecule has 0 saturated heterocycles. The highest BCUT2D eigenvalue weighted by atomic mass is 14.9. The maximum atomic E-state index is 4.49. The summed E-state index contributed by atoms with van der Waals surface area (Å²) in [5.74, 6) is 0. The summed E-state index contributed by atoms with van der Waals surface area (Å²) in [5.41, 5.74) is 5.06. The van der Waals surface area contributed by atoms with Crippen LogP contribution in [0.25, 0.3) is 22.4 Å². The molecule has 0 spiro atoms. The van der Waals surface area contributed by atoms with Gasteiger partial charge in [-0.05, 0) is 19.1 Å². The number of H-pyrrole nitrogens is 1. The number of benzene rings is 1. The number of fused-ring (bicyclic) bond motifs is 1. The molecule has 78 valence electrons. The number of aromatic nitrogens is 3. The van der Waals surface area contributed by atoms with Crippen molar-refractivity contribution in [2.45, 2.75) is 6.92 Å². The summed E-state index contributed by atoms with van der Waals surface area (Å²) in [7, 11) is 0. The normalized spacial score (nSPS) is 10.8. The number of hydrogen-bond acceptors (Lipinski definition) is 2. The number of nitrogens with zero attached hydrogens (tertiary/aromatic N) is 2. The summed E-state index contributed by atoms with van der Waals surface area (Å²) >= 11 is 0. The van der Waals surface area contributed by atoms with Crippen molar-refractivity contribution in [1.29, 1.82) is 0 Å². The first-order chi connectivity index (χ1) is 7.83. The van der Waals surface area contributed by atoms with E-state index in [0.29, 0.717) is 0 Å². The van der Waals surface area contributed by atoms with Gasteiger partial charge >= 0.3 is 0 Å². The monoisotopic (exact) mass is 209 g/mol. The van der Waals surface area contributed by atoms with Crippen molar-refractivity contribution in [3.63, 3.8) is 0 Å². The molecule has 0 amide bonds. The Kier molecular flexibility index (Phi) is 1.96. The summed E-state index contributed by atoms with van der Waals surface area (Å²) in [5, 5.41) is 0. The molecule has 0 radical (unpaired) electrons. The van der Waals surface area contributed by atoms with Gasteiger partial charge in [0, 0.05) is 5.56 Å². The van der Waals surface area contributed by atoms with Crippen LogP contribution in [0.1, 0.15) is 5.56 Å². The van der Waals surface area contributed by atoms with Gasteiger partial charge in [-0.15, -0.1) is 0 Å². The van der Waals surface area contributed by atoms with Gasteiger partial charge in [-0.25, -0.2) is 9.97 Å². The lowest BCUT2D eigenvalue weighted by Crippen LogP contribution is -1.84. The SMILES string of the molecule is Cc1ccc(-c2ccc3[nH]cnc3n2)cc1. The van der Waals surface area contributed by atoms with Crippen molar-refractivity contribution in [2.24, 2.45) is 0 Å². The van der Waals surface area contributed by atoms with Crippen LogP contribution in [0.3, 0.4) is 0 Å². The topological polar surface area (TPSA) is 41.6 Å². The molecule has 3 heteroatoms. The van der Waals surface area contributed by atoms with Gasteiger partial charge in [0.05, 0.1) is 17.5 Å². The quantitative estimate of drug-likeness (QED) is 0.669. The maximum absolute atomic E-state index is 4.49. The van der Waals surface area contributed by atoms with Crippen molar-refractivity contribution >= 4 is 11.2 Å². The molecule has 0 aliphatic heterocycles. The third kappa shape index (κ3) is 1.46. The Balaban J connectivity index is 2.14. The van der Waals surface area contributed by atoms with Crippen molar-refractivity contribution in [1.82, 2.24) is 15.0 Å². The van der Waals surface area contributed by atoms with Crippen LogP contribution in [0.2, 0.25) is 0 Å². The number of nitrogens with one attached hydrogen (secondary N) is 1. The molecule has 2 heterocycles. The lowest BCUT2D eigenvalue weighted by atomic mass is 10.1. The number of rotatable bonds is 1. The molecule has 1 aromatic carbocycles. The molecular weight excluding hydrogens is 198 g/mol. The molecule has 16 heavy (non-hydrogen) atoms. The maximum Gasteiger partial charge on any atom is 0.177 e. The van der Waals surface area contributed by atoms with E-state index in [-0.39, 0.29) is 0 Å². The Hall–Kier alpha value is -2.16. The van der Waals surface area contributed by atoms with E-state index in [4.69, 9.17) is 0 Å². The minimum atomic E-state index is 0.762. The van der Waals surface area contributed by atoms with Crippen LogP contribution in [0, 0.1) is 6.92 Å². The highest BCUT2D eigenvalue weighted by Gasteiger charge is 2.02. The van der Waals surface area contributed by atoms with Gasteiger partial charge in [-0.2, -0.15) is 0 Å².